The Morgan fingerprint density at radius 2 is 2.07 bits per heavy atom. The van der Waals surface area contributed by atoms with E-state index in [0.717, 1.165) is 5.56 Å². The predicted octanol–water partition coefficient (Wildman–Crippen LogP) is -0.755. The summed E-state index contributed by atoms with van der Waals surface area (Å²) in [6, 6.07) is 7.14. The van der Waals surface area contributed by atoms with Crippen molar-refractivity contribution < 1.29 is 56.1 Å². The minimum Gasteiger partial charge on any atom is -0.721 e. The molecule has 0 saturated heterocycles. The minimum atomic E-state index is -0.0533. The molecule has 0 bridgehead atoms. The third kappa shape index (κ3) is 6.48. The van der Waals surface area contributed by atoms with Crippen molar-refractivity contribution >= 4 is 29.5 Å². The van der Waals surface area contributed by atoms with Crippen molar-refractivity contribution in [2.24, 2.45) is 4.99 Å². The van der Waals surface area contributed by atoms with Gasteiger partial charge in [-0.15, -0.1) is 0 Å². The molecule has 0 unspecified atom stereocenters. The Bertz CT molecular complexity index is 375. The fourth-order valence-corrected chi connectivity index (χ4v) is 1.02. The number of benzene rings is 1. The Balaban J connectivity index is 0.00000196. The number of ether oxygens (including phenoxy) is 1. The van der Waals surface area contributed by atoms with Crippen LogP contribution in [0.1, 0.15) is 5.56 Å². The molecule has 0 N–H and O–H groups in total. The first-order valence-electron chi connectivity index (χ1n) is 3.73. The van der Waals surface area contributed by atoms with Crippen molar-refractivity contribution in [1.82, 2.24) is 0 Å². The van der Waals surface area contributed by atoms with Gasteiger partial charge in [0.05, 0.1) is 5.23 Å². The summed E-state index contributed by atoms with van der Waals surface area (Å²) in [6.45, 7) is 0.293. The Morgan fingerprint density at radius 1 is 1.47 bits per heavy atom. The van der Waals surface area contributed by atoms with E-state index in [-0.39, 0.29) is 56.6 Å². The van der Waals surface area contributed by atoms with Gasteiger partial charge in [0.25, 0.3) is 0 Å². The van der Waals surface area contributed by atoms with Crippen LogP contribution in [0.4, 0.5) is 0 Å². The standard InChI is InChI=1S/C9H7ClN2OS.K/c10-8-3-1-7(2-4-8)5-13-9(14)12-6-11;/h1-4H,5H2,(H,12,14);/q;+1/p-1. The molecular formula is C9H6ClKN2OS. The fourth-order valence-electron chi connectivity index (χ4n) is 0.799. The van der Waals surface area contributed by atoms with Crippen LogP contribution in [0, 0.1) is 11.5 Å². The molecular weight excluding hydrogens is 259 g/mol. The molecule has 0 saturated carbocycles. The maximum absolute atomic E-state index is 8.17. The first kappa shape index (κ1) is 15.3. The van der Waals surface area contributed by atoms with Crippen LogP contribution in [-0.4, -0.2) is 5.23 Å². The normalized spacial score (nSPS) is 10.0. The number of nitriles is 1. The van der Waals surface area contributed by atoms with Gasteiger partial charge in [0.15, 0.2) is 0 Å². The van der Waals surface area contributed by atoms with Crippen molar-refractivity contribution in [1.29, 1.82) is 5.26 Å². The summed E-state index contributed by atoms with van der Waals surface area (Å²) in [5.41, 5.74) is 0.921. The van der Waals surface area contributed by atoms with Gasteiger partial charge < -0.3 is 17.4 Å². The van der Waals surface area contributed by atoms with Crippen molar-refractivity contribution in [3.63, 3.8) is 0 Å². The number of rotatable bonds is 2. The van der Waals surface area contributed by atoms with E-state index in [1.165, 1.54) is 0 Å². The summed E-state index contributed by atoms with van der Waals surface area (Å²) < 4.78 is 5.01. The summed E-state index contributed by atoms with van der Waals surface area (Å²) in [7, 11) is 0. The molecule has 0 aliphatic rings. The van der Waals surface area contributed by atoms with E-state index in [0.29, 0.717) is 11.6 Å². The van der Waals surface area contributed by atoms with Gasteiger partial charge in [0.2, 0.25) is 6.19 Å². The van der Waals surface area contributed by atoms with Gasteiger partial charge in [-0.05, 0) is 17.7 Å². The molecule has 0 fully saturated rings. The maximum Gasteiger partial charge on any atom is 1.00 e. The molecule has 0 spiro atoms. The van der Waals surface area contributed by atoms with Crippen molar-refractivity contribution in [2.45, 2.75) is 6.61 Å². The zero-order valence-corrected chi connectivity index (χ0v) is 12.8. The first-order valence-corrected chi connectivity index (χ1v) is 4.52. The van der Waals surface area contributed by atoms with Crippen LogP contribution in [0.15, 0.2) is 29.3 Å². The summed E-state index contributed by atoms with van der Waals surface area (Å²) >= 11 is 10.3. The molecule has 15 heavy (non-hydrogen) atoms. The minimum absolute atomic E-state index is 0. The molecule has 0 heterocycles. The first-order chi connectivity index (χ1) is 6.72. The largest absolute Gasteiger partial charge is 1.00 e. The summed E-state index contributed by atoms with van der Waals surface area (Å²) in [6.07, 6.45) is 1.55. The molecule has 1 aromatic carbocycles. The molecule has 3 nitrogen and oxygen atoms in total. The van der Waals surface area contributed by atoms with Crippen LogP contribution in [0.5, 0.6) is 0 Å². The number of hydrogen-bond acceptors (Lipinski definition) is 4. The Morgan fingerprint density at radius 3 is 2.60 bits per heavy atom. The van der Waals surface area contributed by atoms with Crippen molar-refractivity contribution in [3.8, 4) is 6.19 Å². The Hall–Kier alpha value is 0.326. The molecule has 0 aliphatic heterocycles. The Kier molecular flexibility index (Phi) is 8.66. The molecule has 0 radical (unpaired) electrons. The molecule has 1 aromatic rings. The van der Waals surface area contributed by atoms with Gasteiger partial charge in [0.1, 0.15) is 6.61 Å². The third-order valence-electron chi connectivity index (χ3n) is 1.42. The molecule has 6 heteroatoms. The zero-order chi connectivity index (χ0) is 10.4. The van der Waals surface area contributed by atoms with E-state index in [1.807, 2.05) is 12.1 Å². The molecule has 1 rings (SSSR count). The van der Waals surface area contributed by atoms with Crippen LogP contribution in [0.2, 0.25) is 5.02 Å². The SMILES string of the molecule is N#CN=C([S-])OCc1ccc(Cl)cc1.[K+]. The molecule has 0 aliphatic carbocycles. The van der Waals surface area contributed by atoms with Crippen LogP contribution in [0.3, 0.4) is 0 Å². The maximum atomic E-state index is 8.17. The molecule has 72 valence electrons. The van der Waals surface area contributed by atoms with Gasteiger partial charge in [-0.3, -0.25) is 0 Å². The summed E-state index contributed by atoms with van der Waals surface area (Å²) in [4.78, 5) is 3.25. The van der Waals surface area contributed by atoms with Crippen LogP contribution in [0.25, 0.3) is 0 Å². The van der Waals surface area contributed by atoms with E-state index >= 15 is 0 Å². The van der Waals surface area contributed by atoms with Crippen LogP contribution in [-0.2, 0) is 24.0 Å². The van der Waals surface area contributed by atoms with Gasteiger partial charge in [-0.2, -0.15) is 10.3 Å². The Labute approximate surface area is 141 Å². The summed E-state index contributed by atoms with van der Waals surface area (Å²) in [5.74, 6) is 0. The van der Waals surface area contributed by atoms with E-state index in [4.69, 9.17) is 21.6 Å². The number of aliphatic imine (C=N–C) groups is 1. The smallest absolute Gasteiger partial charge is 0.721 e. The summed E-state index contributed by atoms with van der Waals surface area (Å²) in [5, 5.41) is 8.78. The van der Waals surface area contributed by atoms with E-state index in [9.17, 15) is 0 Å². The number of nitrogens with zero attached hydrogens (tertiary/aromatic N) is 2. The topological polar surface area (TPSA) is 45.4 Å². The van der Waals surface area contributed by atoms with Gasteiger partial charge in [-0.1, -0.05) is 23.7 Å². The van der Waals surface area contributed by atoms with E-state index in [2.05, 4.69) is 17.6 Å². The third-order valence-corrected chi connectivity index (χ3v) is 1.88. The fraction of sp³-hybridized carbons (Fsp3) is 0.111. The van der Waals surface area contributed by atoms with Crippen molar-refractivity contribution in [2.75, 3.05) is 0 Å². The average molecular weight is 265 g/mol. The van der Waals surface area contributed by atoms with Crippen LogP contribution >= 0.6 is 11.6 Å². The second-order valence-electron chi connectivity index (χ2n) is 2.39. The monoisotopic (exact) mass is 264 g/mol. The zero-order valence-electron chi connectivity index (χ0n) is 8.11. The molecule has 0 aromatic heterocycles. The molecule has 0 amide bonds. The number of hydrogen-bond donors (Lipinski definition) is 0. The van der Waals surface area contributed by atoms with Gasteiger partial charge in [-0.25, -0.2) is 0 Å². The van der Waals surface area contributed by atoms with Crippen molar-refractivity contribution in [3.05, 3.63) is 34.9 Å². The van der Waals surface area contributed by atoms with Crippen LogP contribution < -0.4 is 51.4 Å². The average Bonchev–Trinajstić information content (AvgIpc) is 2.17. The number of halogens is 1. The van der Waals surface area contributed by atoms with Gasteiger partial charge >= 0.3 is 51.4 Å². The predicted molar refractivity (Wildman–Crippen MR) is 56.7 cm³/mol. The second-order valence-corrected chi connectivity index (χ2v) is 3.18. The second kappa shape index (κ2) is 8.48. The molecule has 0 atom stereocenters. The van der Waals surface area contributed by atoms with E-state index in [1.54, 1.807) is 18.3 Å². The van der Waals surface area contributed by atoms with E-state index < -0.39 is 0 Å². The quantitative estimate of drug-likeness (QED) is 0.232. The van der Waals surface area contributed by atoms with Gasteiger partial charge in [0, 0.05) is 5.02 Å².